The molecule has 9 heteroatoms. The minimum Gasteiger partial charge on any atom is -0.322 e. The quantitative estimate of drug-likeness (QED) is 0.623. The minimum absolute atomic E-state index is 0.00651. The van der Waals surface area contributed by atoms with Crippen molar-refractivity contribution in [2.24, 2.45) is 0 Å². The lowest BCUT2D eigenvalue weighted by atomic mass is 10.2. The lowest BCUT2D eigenvalue weighted by Crippen LogP contribution is -2.15. The van der Waals surface area contributed by atoms with Gasteiger partial charge in [0.25, 0.3) is 5.91 Å². The van der Waals surface area contributed by atoms with E-state index in [0.29, 0.717) is 16.4 Å². The second kappa shape index (κ2) is 7.63. The van der Waals surface area contributed by atoms with E-state index in [1.807, 2.05) is 0 Å². The summed E-state index contributed by atoms with van der Waals surface area (Å²) < 4.78 is 40.2. The van der Waals surface area contributed by atoms with E-state index in [1.54, 1.807) is 31.2 Å². The number of benzene rings is 2. The van der Waals surface area contributed by atoms with E-state index in [-0.39, 0.29) is 17.3 Å². The van der Waals surface area contributed by atoms with Gasteiger partial charge < -0.3 is 10.6 Å². The van der Waals surface area contributed by atoms with Gasteiger partial charge in [-0.15, -0.1) is 0 Å². The molecule has 0 aliphatic rings. The van der Waals surface area contributed by atoms with Crippen LogP contribution in [-0.4, -0.2) is 15.9 Å². The predicted octanol–water partition coefficient (Wildman–Crippen LogP) is 4.85. The van der Waals surface area contributed by atoms with Crippen molar-refractivity contribution in [2.45, 2.75) is 6.92 Å². The van der Waals surface area contributed by atoms with Gasteiger partial charge in [0.1, 0.15) is 5.69 Å². The fourth-order valence-corrected chi connectivity index (χ4v) is 2.44. The molecule has 27 heavy (non-hydrogen) atoms. The number of aromatic nitrogens is 2. The predicted molar refractivity (Wildman–Crippen MR) is 95.8 cm³/mol. The average Bonchev–Trinajstić information content (AvgIpc) is 2.62. The highest BCUT2D eigenvalue weighted by atomic mass is 35.5. The molecule has 3 aromatic rings. The molecule has 0 saturated carbocycles. The first-order chi connectivity index (χ1) is 12.8. The molecule has 0 atom stereocenters. The molecular formula is C18H12ClF3N4O. The van der Waals surface area contributed by atoms with E-state index in [1.165, 1.54) is 6.07 Å². The Labute approximate surface area is 157 Å². The highest BCUT2D eigenvalue weighted by Gasteiger charge is 2.16. The second-order valence-electron chi connectivity index (χ2n) is 5.53. The van der Waals surface area contributed by atoms with Crippen LogP contribution in [0.2, 0.25) is 5.02 Å². The summed E-state index contributed by atoms with van der Waals surface area (Å²) in [5.41, 5.74) is 0.505. The zero-order valence-electron chi connectivity index (χ0n) is 13.9. The molecule has 0 aliphatic carbocycles. The maximum atomic E-state index is 13.8. The van der Waals surface area contributed by atoms with Crippen molar-refractivity contribution in [3.05, 3.63) is 76.3 Å². The summed E-state index contributed by atoms with van der Waals surface area (Å²) in [7, 11) is 0. The molecule has 5 nitrogen and oxygen atoms in total. The summed E-state index contributed by atoms with van der Waals surface area (Å²) >= 11 is 5.87. The fraction of sp³-hybridized carbons (Fsp3) is 0.0556. The first-order valence-corrected chi connectivity index (χ1v) is 8.04. The molecule has 1 aromatic heterocycles. The molecule has 1 heterocycles. The molecule has 2 aromatic carbocycles. The SMILES string of the molecule is Cc1cc(C(=O)Nc2cccc(Cl)c2)nc(Nc2ccc(F)c(F)c2F)n1. The minimum atomic E-state index is -1.62. The monoisotopic (exact) mass is 392 g/mol. The summed E-state index contributed by atoms with van der Waals surface area (Å²) in [4.78, 5) is 20.4. The Hall–Kier alpha value is -3.13. The number of halogens is 4. The van der Waals surface area contributed by atoms with Crippen LogP contribution >= 0.6 is 11.6 Å². The molecule has 0 bridgehead atoms. The van der Waals surface area contributed by atoms with Crippen molar-refractivity contribution in [3.8, 4) is 0 Å². The Kier molecular flexibility index (Phi) is 5.27. The van der Waals surface area contributed by atoms with Crippen LogP contribution < -0.4 is 10.6 Å². The number of hydrogen-bond donors (Lipinski definition) is 2. The van der Waals surface area contributed by atoms with E-state index in [0.717, 1.165) is 12.1 Å². The molecule has 138 valence electrons. The van der Waals surface area contributed by atoms with E-state index in [9.17, 15) is 18.0 Å². The zero-order chi connectivity index (χ0) is 19.6. The third-order valence-electron chi connectivity index (χ3n) is 3.45. The highest BCUT2D eigenvalue weighted by molar-refractivity contribution is 6.30. The van der Waals surface area contributed by atoms with Crippen LogP contribution in [0.15, 0.2) is 42.5 Å². The Morgan fingerprint density at radius 2 is 1.81 bits per heavy atom. The fourth-order valence-electron chi connectivity index (χ4n) is 2.25. The van der Waals surface area contributed by atoms with Crippen molar-refractivity contribution in [3.63, 3.8) is 0 Å². The van der Waals surface area contributed by atoms with Crippen LogP contribution in [0.25, 0.3) is 0 Å². The van der Waals surface area contributed by atoms with Gasteiger partial charge in [0.15, 0.2) is 17.5 Å². The normalized spacial score (nSPS) is 10.6. The molecule has 0 aliphatic heterocycles. The van der Waals surface area contributed by atoms with Gasteiger partial charge in [0, 0.05) is 16.4 Å². The number of rotatable bonds is 4. The summed E-state index contributed by atoms with van der Waals surface area (Å²) in [6.07, 6.45) is 0. The Balaban J connectivity index is 1.86. The van der Waals surface area contributed by atoms with Gasteiger partial charge in [0.2, 0.25) is 5.95 Å². The number of nitrogens with one attached hydrogen (secondary N) is 2. The van der Waals surface area contributed by atoms with E-state index >= 15 is 0 Å². The maximum Gasteiger partial charge on any atom is 0.274 e. The molecule has 0 fully saturated rings. The number of nitrogens with zero attached hydrogens (tertiary/aromatic N) is 2. The van der Waals surface area contributed by atoms with Crippen LogP contribution in [0.5, 0.6) is 0 Å². The number of amides is 1. The topological polar surface area (TPSA) is 66.9 Å². The van der Waals surface area contributed by atoms with Gasteiger partial charge in [-0.25, -0.2) is 23.1 Å². The first kappa shape index (κ1) is 18.7. The molecule has 0 spiro atoms. The summed E-state index contributed by atoms with van der Waals surface area (Å²) in [5, 5.41) is 5.51. The van der Waals surface area contributed by atoms with E-state index < -0.39 is 23.4 Å². The molecule has 3 rings (SSSR count). The number of carbonyl (C=O) groups excluding carboxylic acids is 1. The summed E-state index contributed by atoms with van der Waals surface area (Å²) in [5.74, 6) is -5.03. The highest BCUT2D eigenvalue weighted by Crippen LogP contribution is 2.22. The average molecular weight is 393 g/mol. The van der Waals surface area contributed by atoms with E-state index in [4.69, 9.17) is 11.6 Å². The number of aryl methyl sites for hydroxylation is 1. The third kappa shape index (κ3) is 4.35. The number of anilines is 3. The van der Waals surface area contributed by atoms with Crippen LogP contribution in [0.3, 0.4) is 0 Å². The van der Waals surface area contributed by atoms with Crippen molar-refractivity contribution >= 4 is 34.8 Å². The van der Waals surface area contributed by atoms with Crippen molar-refractivity contribution in [2.75, 3.05) is 10.6 Å². The Bertz CT molecular complexity index is 1030. The zero-order valence-corrected chi connectivity index (χ0v) is 14.6. The van der Waals surface area contributed by atoms with Crippen LogP contribution in [0.4, 0.5) is 30.5 Å². The van der Waals surface area contributed by atoms with Crippen LogP contribution in [0.1, 0.15) is 16.2 Å². The maximum absolute atomic E-state index is 13.8. The van der Waals surface area contributed by atoms with Gasteiger partial charge >= 0.3 is 0 Å². The molecule has 0 unspecified atom stereocenters. The smallest absolute Gasteiger partial charge is 0.274 e. The van der Waals surface area contributed by atoms with Crippen molar-refractivity contribution in [1.82, 2.24) is 9.97 Å². The second-order valence-corrected chi connectivity index (χ2v) is 5.97. The molecule has 2 N–H and O–H groups in total. The standard InChI is InChI=1S/C18H12ClF3N4O/c1-9-7-14(17(27)24-11-4-2-3-10(19)8-11)26-18(23-9)25-13-6-5-12(20)15(21)16(13)22/h2-8H,1H3,(H,24,27)(H,23,25,26). The summed E-state index contributed by atoms with van der Waals surface area (Å²) in [6.45, 7) is 1.60. The Morgan fingerprint density at radius 3 is 2.56 bits per heavy atom. The third-order valence-corrected chi connectivity index (χ3v) is 3.69. The largest absolute Gasteiger partial charge is 0.322 e. The molecule has 0 saturated heterocycles. The van der Waals surface area contributed by atoms with E-state index in [2.05, 4.69) is 20.6 Å². The lowest BCUT2D eigenvalue weighted by molar-refractivity contribution is 0.102. The molecule has 1 amide bonds. The molecule has 0 radical (unpaired) electrons. The van der Waals surface area contributed by atoms with Crippen LogP contribution in [-0.2, 0) is 0 Å². The summed E-state index contributed by atoms with van der Waals surface area (Å²) in [6, 6.07) is 9.73. The Morgan fingerprint density at radius 1 is 1.04 bits per heavy atom. The van der Waals surface area contributed by atoms with Gasteiger partial charge in [-0.1, -0.05) is 17.7 Å². The van der Waals surface area contributed by atoms with Crippen LogP contribution in [0, 0.1) is 24.4 Å². The molecular weight excluding hydrogens is 381 g/mol. The van der Waals surface area contributed by atoms with Gasteiger partial charge in [-0.05, 0) is 43.3 Å². The first-order valence-electron chi connectivity index (χ1n) is 7.66. The number of carbonyl (C=O) groups is 1. The van der Waals surface area contributed by atoms with Gasteiger partial charge in [0.05, 0.1) is 5.69 Å². The lowest BCUT2D eigenvalue weighted by Gasteiger charge is -2.10. The number of hydrogen-bond acceptors (Lipinski definition) is 4. The van der Waals surface area contributed by atoms with Crippen molar-refractivity contribution in [1.29, 1.82) is 0 Å². The van der Waals surface area contributed by atoms with Crippen molar-refractivity contribution < 1.29 is 18.0 Å². The van der Waals surface area contributed by atoms with Gasteiger partial charge in [-0.2, -0.15) is 0 Å². The van der Waals surface area contributed by atoms with Gasteiger partial charge in [-0.3, -0.25) is 4.79 Å².